The summed E-state index contributed by atoms with van der Waals surface area (Å²) in [4.78, 5) is 12.3. The molecule has 0 fully saturated rings. The SMILES string of the molecule is COC(=O)c1c(NCc2ccc(Cl)cc2)noc1-c1ccc(Cl)cc1Cl. The van der Waals surface area contributed by atoms with Crippen molar-refractivity contribution in [2.24, 2.45) is 0 Å². The van der Waals surface area contributed by atoms with E-state index in [1.54, 1.807) is 30.3 Å². The molecule has 0 atom stereocenters. The minimum atomic E-state index is -0.592. The highest BCUT2D eigenvalue weighted by molar-refractivity contribution is 6.36. The first kappa shape index (κ1) is 18.6. The van der Waals surface area contributed by atoms with Crippen LogP contribution < -0.4 is 5.32 Å². The van der Waals surface area contributed by atoms with Gasteiger partial charge in [0.25, 0.3) is 0 Å². The Morgan fingerprint density at radius 2 is 1.81 bits per heavy atom. The smallest absolute Gasteiger partial charge is 0.345 e. The number of carbonyl (C=O) groups excluding carboxylic acids is 1. The van der Waals surface area contributed by atoms with Gasteiger partial charge in [-0.2, -0.15) is 0 Å². The molecular weight excluding hydrogens is 399 g/mol. The van der Waals surface area contributed by atoms with E-state index in [1.165, 1.54) is 7.11 Å². The van der Waals surface area contributed by atoms with E-state index in [-0.39, 0.29) is 17.1 Å². The Hall–Kier alpha value is -2.21. The molecular formula is C18H13Cl3N2O3. The van der Waals surface area contributed by atoms with Crippen LogP contribution >= 0.6 is 34.8 Å². The van der Waals surface area contributed by atoms with Crippen LogP contribution in [0.2, 0.25) is 15.1 Å². The number of aromatic nitrogens is 1. The van der Waals surface area contributed by atoms with Gasteiger partial charge in [0.05, 0.1) is 12.1 Å². The first-order valence-electron chi connectivity index (χ1n) is 7.51. The number of esters is 1. The van der Waals surface area contributed by atoms with Crippen molar-refractivity contribution >= 4 is 46.6 Å². The van der Waals surface area contributed by atoms with Gasteiger partial charge in [-0.05, 0) is 35.9 Å². The highest BCUT2D eigenvalue weighted by Crippen LogP contribution is 2.36. The second kappa shape index (κ2) is 7.99. The minimum absolute atomic E-state index is 0.158. The summed E-state index contributed by atoms with van der Waals surface area (Å²) in [6.07, 6.45) is 0. The molecule has 134 valence electrons. The van der Waals surface area contributed by atoms with Gasteiger partial charge in [-0.3, -0.25) is 0 Å². The largest absolute Gasteiger partial charge is 0.465 e. The normalized spacial score (nSPS) is 10.6. The standard InChI is InChI=1S/C18H13Cl3N2O3/c1-25-18(24)15-16(13-7-6-12(20)8-14(13)21)26-23-17(15)22-9-10-2-4-11(19)5-3-10/h2-8H,9H2,1H3,(H,22,23). The summed E-state index contributed by atoms with van der Waals surface area (Å²) in [5.41, 5.74) is 1.61. The molecule has 0 aliphatic rings. The number of hydrogen-bond acceptors (Lipinski definition) is 5. The average molecular weight is 412 g/mol. The van der Waals surface area contributed by atoms with Gasteiger partial charge >= 0.3 is 5.97 Å². The van der Waals surface area contributed by atoms with Crippen molar-refractivity contribution in [2.75, 3.05) is 12.4 Å². The molecule has 0 unspecified atom stereocenters. The first-order chi connectivity index (χ1) is 12.5. The molecule has 1 heterocycles. The lowest BCUT2D eigenvalue weighted by molar-refractivity contribution is 0.0602. The highest BCUT2D eigenvalue weighted by atomic mass is 35.5. The topological polar surface area (TPSA) is 64.4 Å². The van der Waals surface area contributed by atoms with E-state index in [0.29, 0.717) is 27.2 Å². The minimum Gasteiger partial charge on any atom is -0.465 e. The van der Waals surface area contributed by atoms with Gasteiger partial charge in [0, 0.05) is 22.2 Å². The fourth-order valence-electron chi connectivity index (χ4n) is 2.35. The summed E-state index contributed by atoms with van der Waals surface area (Å²) >= 11 is 18.0. The fourth-order valence-corrected chi connectivity index (χ4v) is 2.97. The van der Waals surface area contributed by atoms with E-state index in [2.05, 4.69) is 10.5 Å². The number of ether oxygens (including phenoxy) is 1. The molecule has 0 saturated heterocycles. The summed E-state index contributed by atoms with van der Waals surface area (Å²) in [6, 6.07) is 12.1. The molecule has 26 heavy (non-hydrogen) atoms. The van der Waals surface area contributed by atoms with Crippen LogP contribution in [0.3, 0.4) is 0 Å². The fraction of sp³-hybridized carbons (Fsp3) is 0.111. The lowest BCUT2D eigenvalue weighted by atomic mass is 10.1. The summed E-state index contributed by atoms with van der Waals surface area (Å²) in [5.74, 6) is -0.129. The first-order valence-corrected chi connectivity index (χ1v) is 8.64. The maximum Gasteiger partial charge on any atom is 0.345 e. The molecule has 3 rings (SSSR count). The van der Waals surface area contributed by atoms with Gasteiger partial charge in [0.1, 0.15) is 0 Å². The number of hydrogen-bond donors (Lipinski definition) is 1. The molecule has 0 aliphatic carbocycles. The van der Waals surface area contributed by atoms with Gasteiger partial charge in [-0.15, -0.1) is 0 Å². The van der Waals surface area contributed by atoms with Crippen molar-refractivity contribution in [1.82, 2.24) is 5.16 Å². The maximum atomic E-state index is 12.3. The van der Waals surface area contributed by atoms with Gasteiger partial charge in [0.2, 0.25) is 0 Å². The third kappa shape index (κ3) is 3.96. The Bertz CT molecular complexity index is 939. The summed E-state index contributed by atoms with van der Waals surface area (Å²) < 4.78 is 10.2. The number of nitrogens with one attached hydrogen (secondary N) is 1. The van der Waals surface area contributed by atoms with Gasteiger partial charge in [-0.1, -0.05) is 52.1 Å². The molecule has 0 saturated carbocycles. The highest BCUT2D eigenvalue weighted by Gasteiger charge is 2.26. The average Bonchev–Trinajstić information content (AvgIpc) is 3.04. The number of halogens is 3. The lowest BCUT2D eigenvalue weighted by Crippen LogP contribution is -2.08. The number of benzene rings is 2. The quantitative estimate of drug-likeness (QED) is 0.546. The van der Waals surface area contributed by atoms with Crippen LogP contribution in [0, 0.1) is 0 Å². The summed E-state index contributed by atoms with van der Waals surface area (Å²) in [7, 11) is 1.28. The summed E-state index contributed by atoms with van der Waals surface area (Å²) in [6.45, 7) is 0.418. The van der Waals surface area contributed by atoms with Gasteiger partial charge < -0.3 is 14.6 Å². The number of rotatable bonds is 5. The van der Waals surface area contributed by atoms with Crippen LogP contribution in [-0.2, 0) is 11.3 Å². The molecule has 1 aromatic heterocycles. The van der Waals surface area contributed by atoms with Crippen LogP contribution in [0.15, 0.2) is 47.0 Å². The van der Waals surface area contributed by atoms with Crippen LogP contribution in [0.5, 0.6) is 0 Å². The zero-order valence-electron chi connectivity index (χ0n) is 13.6. The van der Waals surface area contributed by atoms with E-state index < -0.39 is 5.97 Å². The van der Waals surface area contributed by atoms with Crippen LogP contribution in [0.25, 0.3) is 11.3 Å². The Morgan fingerprint density at radius 1 is 1.12 bits per heavy atom. The van der Waals surface area contributed by atoms with E-state index in [9.17, 15) is 4.79 Å². The molecule has 3 aromatic rings. The Morgan fingerprint density at radius 3 is 2.46 bits per heavy atom. The monoisotopic (exact) mass is 410 g/mol. The van der Waals surface area contributed by atoms with E-state index in [0.717, 1.165) is 5.56 Å². The zero-order valence-corrected chi connectivity index (χ0v) is 15.8. The zero-order chi connectivity index (χ0) is 18.7. The van der Waals surface area contributed by atoms with Gasteiger partial charge in [-0.25, -0.2) is 4.79 Å². The van der Waals surface area contributed by atoms with Crippen molar-refractivity contribution < 1.29 is 14.1 Å². The van der Waals surface area contributed by atoms with Crippen molar-refractivity contribution in [2.45, 2.75) is 6.54 Å². The van der Waals surface area contributed by atoms with Crippen molar-refractivity contribution in [1.29, 1.82) is 0 Å². The van der Waals surface area contributed by atoms with Crippen molar-refractivity contribution in [3.05, 3.63) is 68.7 Å². The maximum absolute atomic E-state index is 12.3. The van der Waals surface area contributed by atoms with E-state index >= 15 is 0 Å². The van der Waals surface area contributed by atoms with Crippen LogP contribution in [0.1, 0.15) is 15.9 Å². The molecule has 0 aliphatic heterocycles. The van der Waals surface area contributed by atoms with E-state index in [1.807, 2.05) is 12.1 Å². The lowest BCUT2D eigenvalue weighted by Gasteiger charge is -2.06. The predicted molar refractivity (Wildman–Crippen MR) is 102 cm³/mol. The molecule has 5 nitrogen and oxygen atoms in total. The number of nitrogens with zero attached hydrogens (tertiary/aromatic N) is 1. The third-order valence-electron chi connectivity index (χ3n) is 3.63. The van der Waals surface area contributed by atoms with Crippen molar-refractivity contribution in [3.63, 3.8) is 0 Å². The molecule has 0 spiro atoms. The Balaban J connectivity index is 1.94. The number of methoxy groups -OCH3 is 1. The van der Waals surface area contributed by atoms with Crippen LogP contribution in [0.4, 0.5) is 5.82 Å². The predicted octanol–water partition coefficient (Wildman–Crippen LogP) is 5.70. The summed E-state index contributed by atoms with van der Waals surface area (Å²) in [5, 5.41) is 8.47. The third-order valence-corrected chi connectivity index (χ3v) is 4.43. The van der Waals surface area contributed by atoms with Crippen LogP contribution in [-0.4, -0.2) is 18.2 Å². The molecule has 0 radical (unpaired) electrons. The Kier molecular flexibility index (Phi) is 5.71. The molecule has 0 amide bonds. The molecule has 8 heteroatoms. The second-order valence-electron chi connectivity index (χ2n) is 5.33. The number of anilines is 1. The number of carbonyl (C=O) groups is 1. The molecule has 2 aromatic carbocycles. The second-order valence-corrected chi connectivity index (χ2v) is 6.61. The Labute approximate surface area is 164 Å². The van der Waals surface area contributed by atoms with Gasteiger partial charge in [0.15, 0.2) is 17.1 Å². The molecule has 0 bridgehead atoms. The molecule has 1 N–H and O–H groups in total. The van der Waals surface area contributed by atoms with Crippen molar-refractivity contribution in [3.8, 4) is 11.3 Å². The van der Waals surface area contributed by atoms with E-state index in [4.69, 9.17) is 44.1 Å².